The molecular formula is C27H32N4O4. The van der Waals surface area contributed by atoms with Gasteiger partial charge in [0.25, 0.3) is 5.90 Å². The lowest BCUT2D eigenvalue weighted by Crippen LogP contribution is -2.21. The van der Waals surface area contributed by atoms with Crippen molar-refractivity contribution in [3.05, 3.63) is 64.2 Å². The van der Waals surface area contributed by atoms with Crippen LogP contribution >= 0.6 is 0 Å². The van der Waals surface area contributed by atoms with Gasteiger partial charge in [0.2, 0.25) is 0 Å². The SMILES string of the molecule is C=NOC(=NCc1cccc2c1CC[C@@H]2NCCCC(=O)OC)c1ccc(OC(C)C)c(C#N)c1. The summed E-state index contributed by atoms with van der Waals surface area (Å²) in [6.07, 6.45) is 3.05. The van der Waals surface area contributed by atoms with E-state index in [0.717, 1.165) is 31.4 Å². The molecule has 0 spiro atoms. The summed E-state index contributed by atoms with van der Waals surface area (Å²) in [5.74, 6) is 0.624. The molecule has 3 rings (SSSR count). The third-order valence-electron chi connectivity index (χ3n) is 5.80. The number of carbonyl (C=O) groups is 1. The quantitative estimate of drug-likeness (QED) is 0.169. The van der Waals surface area contributed by atoms with Crippen molar-refractivity contribution in [1.29, 1.82) is 5.26 Å². The second-order valence-corrected chi connectivity index (χ2v) is 8.54. The van der Waals surface area contributed by atoms with Crippen molar-refractivity contribution < 1.29 is 19.1 Å². The summed E-state index contributed by atoms with van der Waals surface area (Å²) in [7, 11) is 1.41. The Balaban J connectivity index is 1.75. The average molecular weight is 477 g/mol. The maximum absolute atomic E-state index is 11.3. The van der Waals surface area contributed by atoms with Crippen molar-refractivity contribution in [3.63, 3.8) is 0 Å². The highest BCUT2D eigenvalue weighted by molar-refractivity contribution is 5.94. The molecule has 0 fully saturated rings. The van der Waals surface area contributed by atoms with Gasteiger partial charge in [-0.2, -0.15) is 5.26 Å². The first kappa shape index (κ1) is 25.9. The minimum Gasteiger partial charge on any atom is -0.490 e. The van der Waals surface area contributed by atoms with E-state index in [2.05, 4.69) is 40.4 Å². The van der Waals surface area contributed by atoms with E-state index in [1.807, 2.05) is 19.9 Å². The Morgan fingerprint density at radius 1 is 1.31 bits per heavy atom. The van der Waals surface area contributed by atoms with E-state index in [9.17, 15) is 10.1 Å². The number of nitriles is 1. The zero-order valence-corrected chi connectivity index (χ0v) is 20.5. The lowest BCUT2D eigenvalue weighted by molar-refractivity contribution is -0.140. The molecule has 0 saturated heterocycles. The molecule has 0 aliphatic heterocycles. The van der Waals surface area contributed by atoms with Gasteiger partial charge in [-0.15, -0.1) is 0 Å². The molecule has 0 amide bonds. The molecule has 0 bridgehead atoms. The largest absolute Gasteiger partial charge is 0.490 e. The van der Waals surface area contributed by atoms with Crippen molar-refractivity contribution in [2.45, 2.75) is 58.2 Å². The zero-order valence-electron chi connectivity index (χ0n) is 20.5. The standard InChI is InChI=1S/C27H32N4O4/c1-18(2)34-25-13-10-19(15-21(25)16-28)27(35-29-3)31-17-20-7-5-8-23-22(20)11-12-24(23)30-14-6-9-26(32)33-4/h5,7-8,10,13,15,18,24,30H,3,6,9,11-12,14,17H2,1-2,4H3/t24-/m0/s1. The molecule has 0 unspecified atom stereocenters. The number of rotatable bonds is 11. The summed E-state index contributed by atoms with van der Waals surface area (Å²) < 4.78 is 10.4. The maximum Gasteiger partial charge on any atom is 0.305 e. The highest BCUT2D eigenvalue weighted by Crippen LogP contribution is 2.34. The van der Waals surface area contributed by atoms with Crippen LogP contribution in [0.3, 0.4) is 0 Å². The molecule has 2 aromatic rings. The van der Waals surface area contributed by atoms with Crippen LogP contribution in [0.25, 0.3) is 0 Å². The molecule has 1 N–H and O–H groups in total. The van der Waals surface area contributed by atoms with Gasteiger partial charge in [0.15, 0.2) is 0 Å². The summed E-state index contributed by atoms with van der Waals surface area (Å²) in [4.78, 5) is 21.3. The number of ether oxygens (including phenoxy) is 2. The Morgan fingerprint density at radius 3 is 2.86 bits per heavy atom. The lowest BCUT2D eigenvalue weighted by atomic mass is 10.0. The maximum atomic E-state index is 11.3. The third-order valence-corrected chi connectivity index (χ3v) is 5.80. The molecule has 8 heteroatoms. The van der Waals surface area contributed by atoms with E-state index >= 15 is 0 Å². The Kier molecular flexibility index (Phi) is 9.39. The number of esters is 1. The van der Waals surface area contributed by atoms with Crippen LogP contribution in [-0.4, -0.2) is 38.3 Å². The highest BCUT2D eigenvalue weighted by atomic mass is 16.6. The molecule has 2 aromatic carbocycles. The number of methoxy groups -OCH3 is 1. The average Bonchev–Trinajstić information content (AvgIpc) is 3.28. The van der Waals surface area contributed by atoms with Gasteiger partial charge in [0, 0.05) is 24.7 Å². The Morgan fingerprint density at radius 2 is 2.14 bits per heavy atom. The van der Waals surface area contributed by atoms with Gasteiger partial charge in [-0.25, -0.2) is 4.99 Å². The molecule has 8 nitrogen and oxygen atoms in total. The van der Waals surface area contributed by atoms with Crippen molar-refractivity contribution in [1.82, 2.24) is 5.32 Å². The van der Waals surface area contributed by atoms with Gasteiger partial charge in [-0.3, -0.25) is 4.79 Å². The van der Waals surface area contributed by atoms with E-state index in [4.69, 9.17) is 14.3 Å². The Labute approximate surface area is 206 Å². The molecule has 184 valence electrons. The summed E-state index contributed by atoms with van der Waals surface area (Å²) in [6.45, 7) is 8.40. The molecule has 1 aliphatic carbocycles. The Hall–Kier alpha value is -3.70. The van der Waals surface area contributed by atoms with Gasteiger partial charge >= 0.3 is 5.97 Å². The molecule has 0 radical (unpaired) electrons. The number of fused-ring (bicyclic) bond motifs is 1. The van der Waals surface area contributed by atoms with E-state index in [1.165, 1.54) is 18.2 Å². The van der Waals surface area contributed by atoms with Crippen LogP contribution in [0.2, 0.25) is 0 Å². The van der Waals surface area contributed by atoms with Crippen molar-refractivity contribution in [3.8, 4) is 11.8 Å². The molecule has 0 saturated carbocycles. The van der Waals surface area contributed by atoms with E-state index < -0.39 is 0 Å². The molecule has 1 aliphatic rings. The molecule has 0 heterocycles. The van der Waals surface area contributed by atoms with E-state index in [-0.39, 0.29) is 18.1 Å². The van der Waals surface area contributed by atoms with Crippen molar-refractivity contribution >= 4 is 18.6 Å². The second-order valence-electron chi connectivity index (χ2n) is 8.54. The first-order valence-corrected chi connectivity index (χ1v) is 11.8. The van der Waals surface area contributed by atoms with Gasteiger partial charge in [0.05, 0.1) is 25.3 Å². The van der Waals surface area contributed by atoms with Crippen molar-refractivity contribution in [2.24, 2.45) is 10.1 Å². The fraction of sp³-hybridized carbons (Fsp3) is 0.407. The topological polar surface area (TPSA) is 105 Å². The van der Waals surface area contributed by atoms with Gasteiger partial charge in [-0.05, 0) is 74.5 Å². The minimum atomic E-state index is -0.185. The number of hydrogen-bond donors (Lipinski definition) is 1. The van der Waals surface area contributed by atoms with Crippen LogP contribution in [0.1, 0.15) is 67.0 Å². The molecule has 1 atom stereocenters. The van der Waals surface area contributed by atoms with Gasteiger partial charge in [0.1, 0.15) is 11.8 Å². The normalized spacial score (nSPS) is 14.8. The summed E-state index contributed by atoms with van der Waals surface area (Å²) in [5.41, 5.74) is 4.70. The first-order chi connectivity index (χ1) is 17.0. The first-order valence-electron chi connectivity index (χ1n) is 11.8. The van der Waals surface area contributed by atoms with E-state index in [0.29, 0.717) is 35.7 Å². The summed E-state index contributed by atoms with van der Waals surface area (Å²) in [5, 5.41) is 16.7. The Bertz CT molecular complexity index is 1120. The number of oxime groups is 1. The van der Waals surface area contributed by atoms with Crippen LogP contribution in [0.4, 0.5) is 0 Å². The van der Waals surface area contributed by atoms with Gasteiger partial charge in [-0.1, -0.05) is 23.4 Å². The fourth-order valence-electron chi connectivity index (χ4n) is 4.20. The lowest BCUT2D eigenvalue weighted by Gasteiger charge is -2.15. The zero-order chi connectivity index (χ0) is 25.2. The molecule has 0 aromatic heterocycles. The summed E-state index contributed by atoms with van der Waals surface area (Å²) >= 11 is 0. The number of nitrogens with zero attached hydrogens (tertiary/aromatic N) is 3. The fourth-order valence-corrected chi connectivity index (χ4v) is 4.20. The number of carbonyl (C=O) groups excluding carboxylic acids is 1. The van der Waals surface area contributed by atoms with Crippen LogP contribution in [0.15, 0.2) is 46.5 Å². The van der Waals surface area contributed by atoms with E-state index in [1.54, 1.807) is 18.2 Å². The van der Waals surface area contributed by atoms with Gasteiger partial charge < -0.3 is 19.6 Å². The van der Waals surface area contributed by atoms with Crippen LogP contribution < -0.4 is 10.1 Å². The third kappa shape index (κ3) is 6.90. The minimum absolute atomic E-state index is 0.0430. The van der Waals surface area contributed by atoms with Crippen LogP contribution in [-0.2, 0) is 27.3 Å². The molecular weight excluding hydrogens is 444 g/mol. The summed E-state index contributed by atoms with van der Waals surface area (Å²) in [6, 6.07) is 13.9. The second kappa shape index (κ2) is 12.7. The number of benzene rings is 2. The van der Waals surface area contributed by atoms with Crippen LogP contribution in [0.5, 0.6) is 5.75 Å². The molecule has 35 heavy (non-hydrogen) atoms. The predicted molar refractivity (Wildman–Crippen MR) is 135 cm³/mol. The number of nitrogens with one attached hydrogen (secondary N) is 1. The highest BCUT2D eigenvalue weighted by Gasteiger charge is 2.24. The monoisotopic (exact) mass is 476 g/mol. The number of hydrogen-bond acceptors (Lipinski definition) is 8. The van der Waals surface area contributed by atoms with Crippen molar-refractivity contribution in [2.75, 3.05) is 13.7 Å². The predicted octanol–water partition coefficient (Wildman–Crippen LogP) is 4.45. The number of aliphatic imine (C=N–C) groups is 1. The van der Waals surface area contributed by atoms with Crippen LogP contribution in [0, 0.1) is 11.3 Å². The smallest absolute Gasteiger partial charge is 0.305 e.